The van der Waals surface area contributed by atoms with Crippen molar-refractivity contribution in [1.82, 2.24) is 5.32 Å². The number of hydrogen-bond donors (Lipinski definition) is 1. The lowest BCUT2D eigenvalue weighted by Gasteiger charge is -2.01. The fourth-order valence-corrected chi connectivity index (χ4v) is 2.71. The highest BCUT2D eigenvalue weighted by Crippen LogP contribution is 2.28. The Hall–Kier alpha value is -2.40. The number of rotatable bonds is 2. The van der Waals surface area contributed by atoms with Gasteiger partial charge in [-0.3, -0.25) is 4.79 Å². The van der Waals surface area contributed by atoms with Gasteiger partial charge in [0.15, 0.2) is 0 Å². The Morgan fingerprint density at radius 1 is 1.09 bits per heavy atom. The number of nitrogens with one attached hydrogen (secondary N) is 1. The first-order chi connectivity index (χ1) is 10.6. The second kappa shape index (κ2) is 6.15. The maximum absolute atomic E-state index is 12.9. The molecule has 1 aliphatic rings. The van der Waals surface area contributed by atoms with Crippen LogP contribution in [0.15, 0.2) is 58.4 Å². The lowest BCUT2D eigenvalue weighted by atomic mass is 10.2. The number of aryl methyl sites for hydroxylation is 1. The maximum Gasteiger partial charge on any atom is 0.289 e. The van der Waals surface area contributed by atoms with Crippen LogP contribution in [-0.2, 0) is 0 Å². The van der Waals surface area contributed by atoms with E-state index >= 15 is 0 Å². The van der Waals surface area contributed by atoms with Gasteiger partial charge in [0.2, 0.25) is 0 Å². The summed E-state index contributed by atoms with van der Waals surface area (Å²) in [7, 11) is 0. The van der Waals surface area contributed by atoms with Gasteiger partial charge in [-0.1, -0.05) is 29.8 Å². The van der Waals surface area contributed by atoms with E-state index in [4.69, 9.17) is 0 Å². The molecule has 5 heteroatoms. The van der Waals surface area contributed by atoms with Crippen LogP contribution in [0.4, 0.5) is 14.9 Å². The van der Waals surface area contributed by atoms with Gasteiger partial charge >= 0.3 is 0 Å². The summed E-state index contributed by atoms with van der Waals surface area (Å²) in [6.07, 6.45) is 1.81. The Morgan fingerprint density at radius 3 is 2.45 bits per heavy atom. The normalized spacial score (nSPS) is 18.0. The highest BCUT2D eigenvalue weighted by molar-refractivity contribution is 8.18. The molecular formula is C17H13FN2OS. The summed E-state index contributed by atoms with van der Waals surface area (Å²) < 4.78 is 12.9. The van der Waals surface area contributed by atoms with Gasteiger partial charge in [-0.15, -0.1) is 0 Å². The molecule has 0 atom stereocenters. The SMILES string of the molecule is Cc1ccc(N=C2NC(=O)S/C2=C/c2ccc(F)cc2)cc1. The number of nitrogens with zero attached hydrogens (tertiary/aromatic N) is 1. The number of carbonyl (C=O) groups is 1. The van der Waals surface area contributed by atoms with E-state index in [1.54, 1.807) is 12.1 Å². The molecule has 0 bridgehead atoms. The van der Waals surface area contributed by atoms with Crippen LogP contribution in [-0.4, -0.2) is 11.1 Å². The largest absolute Gasteiger partial charge is 0.300 e. The van der Waals surface area contributed by atoms with Crippen molar-refractivity contribution in [2.45, 2.75) is 6.92 Å². The summed E-state index contributed by atoms with van der Waals surface area (Å²) in [4.78, 5) is 16.8. The van der Waals surface area contributed by atoms with Gasteiger partial charge in [0.25, 0.3) is 5.24 Å². The molecule has 0 aliphatic carbocycles. The van der Waals surface area contributed by atoms with Crippen molar-refractivity contribution in [2.75, 3.05) is 0 Å². The molecule has 3 rings (SSSR count). The van der Waals surface area contributed by atoms with Crippen molar-refractivity contribution < 1.29 is 9.18 Å². The number of amidine groups is 1. The molecule has 0 spiro atoms. The summed E-state index contributed by atoms with van der Waals surface area (Å²) in [5.74, 6) is 0.229. The van der Waals surface area contributed by atoms with Crippen molar-refractivity contribution in [3.63, 3.8) is 0 Å². The summed E-state index contributed by atoms with van der Waals surface area (Å²) in [5.41, 5.74) is 2.74. The van der Waals surface area contributed by atoms with Gasteiger partial charge in [-0.2, -0.15) is 0 Å². The Kier molecular flexibility index (Phi) is 4.06. The number of benzene rings is 2. The first kappa shape index (κ1) is 14.5. The minimum absolute atomic E-state index is 0.167. The average Bonchev–Trinajstić information content (AvgIpc) is 2.83. The predicted molar refractivity (Wildman–Crippen MR) is 88.8 cm³/mol. The Bertz CT molecular complexity index is 699. The van der Waals surface area contributed by atoms with Gasteiger partial charge < -0.3 is 5.32 Å². The number of amides is 1. The first-order valence-corrected chi connectivity index (χ1v) is 7.54. The number of carbonyl (C=O) groups excluding carboxylic acids is 1. The zero-order chi connectivity index (χ0) is 15.5. The van der Waals surface area contributed by atoms with Gasteiger partial charge in [0.1, 0.15) is 11.7 Å². The molecule has 1 heterocycles. The summed E-state index contributed by atoms with van der Waals surface area (Å²) >= 11 is 1.08. The molecule has 2 aromatic carbocycles. The van der Waals surface area contributed by atoms with E-state index in [2.05, 4.69) is 10.3 Å². The van der Waals surface area contributed by atoms with E-state index in [1.807, 2.05) is 37.3 Å². The van der Waals surface area contributed by atoms with Crippen LogP contribution in [0.3, 0.4) is 0 Å². The van der Waals surface area contributed by atoms with Crippen molar-refractivity contribution in [3.8, 4) is 0 Å². The summed E-state index contributed by atoms with van der Waals surface area (Å²) in [5, 5.41) is 2.56. The summed E-state index contributed by atoms with van der Waals surface area (Å²) in [6.45, 7) is 2.00. The first-order valence-electron chi connectivity index (χ1n) is 6.72. The van der Waals surface area contributed by atoms with Crippen LogP contribution in [0.5, 0.6) is 0 Å². The molecule has 22 heavy (non-hydrogen) atoms. The lowest BCUT2D eigenvalue weighted by Crippen LogP contribution is -2.18. The molecule has 110 valence electrons. The van der Waals surface area contributed by atoms with Gasteiger partial charge in [-0.25, -0.2) is 9.38 Å². The topological polar surface area (TPSA) is 41.5 Å². The molecule has 1 fully saturated rings. The third-order valence-electron chi connectivity index (χ3n) is 3.10. The Balaban J connectivity index is 1.93. The minimum atomic E-state index is -0.288. The highest BCUT2D eigenvalue weighted by atomic mass is 32.2. The van der Waals surface area contributed by atoms with E-state index in [0.29, 0.717) is 5.84 Å². The lowest BCUT2D eigenvalue weighted by molar-refractivity contribution is 0.265. The third-order valence-corrected chi connectivity index (χ3v) is 3.92. The second-order valence-corrected chi connectivity index (χ2v) is 5.89. The molecular weight excluding hydrogens is 299 g/mol. The van der Waals surface area contributed by atoms with Crippen molar-refractivity contribution in [1.29, 1.82) is 0 Å². The maximum atomic E-state index is 12.9. The molecule has 0 radical (unpaired) electrons. The third kappa shape index (κ3) is 3.43. The van der Waals surface area contributed by atoms with Crippen molar-refractivity contribution >= 4 is 34.6 Å². The van der Waals surface area contributed by atoms with Crippen LogP contribution in [0.2, 0.25) is 0 Å². The smallest absolute Gasteiger partial charge is 0.289 e. The quantitative estimate of drug-likeness (QED) is 0.876. The number of thioether (sulfide) groups is 1. The minimum Gasteiger partial charge on any atom is -0.300 e. The average molecular weight is 312 g/mol. The van der Waals surface area contributed by atoms with Gasteiger partial charge in [-0.05, 0) is 54.6 Å². The van der Waals surface area contributed by atoms with Crippen LogP contribution in [0.25, 0.3) is 6.08 Å². The van der Waals surface area contributed by atoms with Gasteiger partial charge in [0.05, 0.1) is 10.6 Å². The monoisotopic (exact) mass is 312 g/mol. The molecule has 1 saturated heterocycles. The van der Waals surface area contributed by atoms with Crippen molar-refractivity contribution in [2.24, 2.45) is 4.99 Å². The van der Waals surface area contributed by atoms with E-state index < -0.39 is 0 Å². The number of aliphatic imine (C=N–C) groups is 1. The fraction of sp³-hybridized carbons (Fsp3) is 0.0588. The molecule has 1 aliphatic heterocycles. The molecule has 2 aromatic rings. The van der Waals surface area contributed by atoms with Crippen LogP contribution < -0.4 is 5.32 Å². The zero-order valence-corrected chi connectivity index (χ0v) is 12.7. The summed E-state index contributed by atoms with van der Waals surface area (Å²) in [6, 6.07) is 13.8. The molecule has 1 N–H and O–H groups in total. The molecule has 3 nitrogen and oxygen atoms in total. The van der Waals surface area contributed by atoms with Crippen LogP contribution in [0, 0.1) is 12.7 Å². The standard InChI is InChI=1S/C17H13FN2OS/c1-11-2-8-14(9-3-11)19-16-15(22-17(21)20-16)10-12-4-6-13(18)7-5-12/h2-10H,1H3,(H,19,20,21)/b15-10+. The number of hydrogen-bond acceptors (Lipinski definition) is 3. The molecule has 0 saturated carbocycles. The Morgan fingerprint density at radius 2 is 1.77 bits per heavy atom. The predicted octanol–water partition coefficient (Wildman–Crippen LogP) is 4.66. The molecule has 0 unspecified atom stereocenters. The van der Waals surface area contributed by atoms with E-state index in [-0.39, 0.29) is 11.1 Å². The van der Waals surface area contributed by atoms with E-state index in [0.717, 1.165) is 33.5 Å². The molecule has 1 amide bonds. The van der Waals surface area contributed by atoms with Crippen LogP contribution in [0.1, 0.15) is 11.1 Å². The second-order valence-electron chi connectivity index (χ2n) is 4.87. The van der Waals surface area contributed by atoms with E-state index in [1.165, 1.54) is 12.1 Å². The number of halogens is 1. The highest BCUT2D eigenvalue weighted by Gasteiger charge is 2.23. The van der Waals surface area contributed by atoms with Gasteiger partial charge in [0, 0.05) is 0 Å². The van der Waals surface area contributed by atoms with Crippen LogP contribution >= 0.6 is 11.8 Å². The Labute approximate surface area is 132 Å². The zero-order valence-electron chi connectivity index (χ0n) is 11.8. The molecule has 0 aromatic heterocycles. The fourth-order valence-electron chi connectivity index (χ4n) is 1.97. The van der Waals surface area contributed by atoms with Crippen molar-refractivity contribution in [3.05, 3.63) is 70.4 Å². The van der Waals surface area contributed by atoms with E-state index in [9.17, 15) is 9.18 Å².